The van der Waals surface area contributed by atoms with Crippen molar-refractivity contribution in [2.45, 2.75) is 59.3 Å². The molecule has 23 heavy (non-hydrogen) atoms. The van der Waals surface area contributed by atoms with Gasteiger partial charge in [-0.3, -0.25) is 0 Å². The van der Waals surface area contributed by atoms with Gasteiger partial charge in [0.2, 0.25) is 0 Å². The molecule has 0 aliphatic heterocycles. The van der Waals surface area contributed by atoms with Crippen LogP contribution in [0.2, 0.25) is 0 Å². The monoisotopic (exact) mass is 330 g/mol. The molecular formula is C17H25F3N2O. The molecule has 2 N–H and O–H groups in total. The molecule has 0 radical (unpaired) electrons. The van der Waals surface area contributed by atoms with Crippen LogP contribution in [-0.2, 0) is 12.7 Å². The van der Waals surface area contributed by atoms with E-state index >= 15 is 0 Å². The van der Waals surface area contributed by atoms with Crippen molar-refractivity contribution in [3.63, 3.8) is 0 Å². The molecule has 0 aromatic heterocycles. The molecule has 0 saturated carbocycles. The predicted octanol–water partition coefficient (Wildman–Crippen LogP) is 4.72. The number of halogens is 3. The summed E-state index contributed by atoms with van der Waals surface area (Å²) in [5, 5.41) is 5.31. The zero-order chi connectivity index (χ0) is 17.9. The van der Waals surface area contributed by atoms with Gasteiger partial charge in [-0.15, -0.1) is 0 Å². The number of amides is 2. The summed E-state index contributed by atoms with van der Waals surface area (Å²) in [4.78, 5) is 12.0. The lowest BCUT2D eigenvalue weighted by atomic mass is 9.82. The Bertz CT molecular complexity index is 546. The van der Waals surface area contributed by atoms with Gasteiger partial charge in [0.25, 0.3) is 0 Å². The SMILES string of the molecule is CC(C)(C)CC(C)(C)NC(=O)NCc1ccccc1C(F)(F)F. The molecular weight excluding hydrogens is 305 g/mol. The van der Waals surface area contributed by atoms with Crippen molar-refractivity contribution in [2.75, 3.05) is 0 Å². The Labute approximate surface area is 135 Å². The van der Waals surface area contributed by atoms with E-state index in [1.807, 2.05) is 13.8 Å². The minimum atomic E-state index is -4.43. The third-order valence-electron chi connectivity index (χ3n) is 3.19. The van der Waals surface area contributed by atoms with Crippen LogP contribution < -0.4 is 10.6 Å². The molecule has 1 rings (SSSR count). The van der Waals surface area contributed by atoms with Crippen LogP contribution >= 0.6 is 0 Å². The lowest BCUT2D eigenvalue weighted by Gasteiger charge is -2.33. The topological polar surface area (TPSA) is 41.1 Å². The molecule has 6 heteroatoms. The van der Waals surface area contributed by atoms with Gasteiger partial charge in [-0.25, -0.2) is 4.79 Å². The van der Waals surface area contributed by atoms with Gasteiger partial charge in [0, 0.05) is 12.1 Å². The van der Waals surface area contributed by atoms with E-state index in [-0.39, 0.29) is 17.5 Å². The summed E-state index contributed by atoms with van der Waals surface area (Å²) in [5.41, 5.74) is -1.11. The average Bonchev–Trinajstić information content (AvgIpc) is 2.32. The molecule has 0 fully saturated rings. The second-order valence-electron chi connectivity index (χ2n) is 7.58. The second-order valence-corrected chi connectivity index (χ2v) is 7.58. The fraction of sp³-hybridized carbons (Fsp3) is 0.588. The van der Waals surface area contributed by atoms with E-state index in [1.54, 1.807) is 0 Å². The first kappa shape index (κ1) is 19.3. The minimum Gasteiger partial charge on any atom is -0.334 e. The molecule has 0 unspecified atom stereocenters. The molecule has 0 aliphatic carbocycles. The van der Waals surface area contributed by atoms with E-state index in [2.05, 4.69) is 31.4 Å². The molecule has 1 aromatic carbocycles. The Kier molecular flexibility index (Phi) is 5.72. The van der Waals surface area contributed by atoms with E-state index in [1.165, 1.54) is 18.2 Å². The molecule has 2 amide bonds. The van der Waals surface area contributed by atoms with Crippen molar-refractivity contribution < 1.29 is 18.0 Å². The predicted molar refractivity (Wildman–Crippen MR) is 85.0 cm³/mol. The summed E-state index contributed by atoms with van der Waals surface area (Å²) in [7, 11) is 0. The van der Waals surface area contributed by atoms with Gasteiger partial charge >= 0.3 is 12.2 Å². The smallest absolute Gasteiger partial charge is 0.334 e. The number of carbonyl (C=O) groups is 1. The Balaban J connectivity index is 2.68. The first-order valence-corrected chi connectivity index (χ1v) is 7.51. The number of hydrogen-bond acceptors (Lipinski definition) is 1. The van der Waals surface area contributed by atoms with E-state index in [9.17, 15) is 18.0 Å². The second kappa shape index (κ2) is 6.81. The van der Waals surface area contributed by atoms with Crippen molar-refractivity contribution in [1.29, 1.82) is 0 Å². The molecule has 130 valence electrons. The largest absolute Gasteiger partial charge is 0.416 e. The fourth-order valence-electron chi connectivity index (χ4n) is 2.85. The van der Waals surface area contributed by atoms with Crippen LogP contribution in [0.5, 0.6) is 0 Å². The van der Waals surface area contributed by atoms with Crippen molar-refractivity contribution >= 4 is 6.03 Å². The normalized spacial score (nSPS) is 12.9. The van der Waals surface area contributed by atoms with Crippen LogP contribution in [0, 0.1) is 5.41 Å². The van der Waals surface area contributed by atoms with Crippen LogP contribution in [0.25, 0.3) is 0 Å². The number of benzene rings is 1. The van der Waals surface area contributed by atoms with E-state index in [4.69, 9.17) is 0 Å². The van der Waals surface area contributed by atoms with E-state index in [0.717, 1.165) is 12.5 Å². The van der Waals surface area contributed by atoms with Crippen LogP contribution in [0.4, 0.5) is 18.0 Å². The maximum atomic E-state index is 12.9. The first-order chi connectivity index (χ1) is 10.3. The van der Waals surface area contributed by atoms with Crippen molar-refractivity contribution in [3.8, 4) is 0 Å². The van der Waals surface area contributed by atoms with Crippen molar-refractivity contribution in [1.82, 2.24) is 10.6 Å². The van der Waals surface area contributed by atoms with Gasteiger partial charge < -0.3 is 10.6 Å². The summed E-state index contributed by atoms with van der Waals surface area (Å²) in [6.45, 7) is 9.80. The highest BCUT2D eigenvalue weighted by Crippen LogP contribution is 2.31. The third kappa shape index (κ3) is 6.93. The van der Waals surface area contributed by atoms with Crippen LogP contribution in [0.15, 0.2) is 24.3 Å². The Hall–Kier alpha value is -1.72. The van der Waals surface area contributed by atoms with Gasteiger partial charge in [-0.2, -0.15) is 13.2 Å². The zero-order valence-electron chi connectivity index (χ0n) is 14.3. The van der Waals surface area contributed by atoms with Crippen molar-refractivity contribution in [2.24, 2.45) is 5.41 Å². The van der Waals surface area contributed by atoms with Gasteiger partial charge in [-0.1, -0.05) is 39.0 Å². The van der Waals surface area contributed by atoms with Crippen LogP contribution in [0.1, 0.15) is 52.2 Å². The highest BCUT2D eigenvalue weighted by Gasteiger charge is 2.33. The van der Waals surface area contributed by atoms with Crippen LogP contribution in [-0.4, -0.2) is 11.6 Å². The maximum Gasteiger partial charge on any atom is 0.416 e. The summed E-state index contributed by atoms with van der Waals surface area (Å²) in [5.74, 6) is 0. The van der Waals surface area contributed by atoms with Gasteiger partial charge in [-0.05, 0) is 37.3 Å². The zero-order valence-corrected chi connectivity index (χ0v) is 14.3. The molecule has 0 atom stereocenters. The number of alkyl halides is 3. The molecule has 0 aliphatic rings. The number of rotatable bonds is 4. The Morgan fingerprint density at radius 3 is 2.13 bits per heavy atom. The quantitative estimate of drug-likeness (QED) is 0.824. The standard InChI is InChI=1S/C17H25F3N2O/c1-15(2,3)11-16(4,5)22-14(23)21-10-12-8-6-7-9-13(12)17(18,19)20/h6-9H,10-11H2,1-5H3,(H2,21,22,23). The average molecular weight is 330 g/mol. The first-order valence-electron chi connectivity index (χ1n) is 7.51. The molecule has 0 heterocycles. The molecule has 3 nitrogen and oxygen atoms in total. The summed E-state index contributed by atoms with van der Waals surface area (Å²) in [6, 6.07) is 4.75. The van der Waals surface area contributed by atoms with E-state index < -0.39 is 23.3 Å². The lowest BCUT2D eigenvalue weighted by Crippen LogP contribution is -2.49. The highest BCUT2D eigenvalue weighted by atomic mass is 19.4. The van der Waals surface area contributed by atoms with Crippen LogP contribution in [0.3, 0.4) is 0 Å². The third-order valence-corrected chi connectivity index (χ3v) is 3.19. The van der Waals surface area contributed by atoms with Crippen molar-refractivity contribution in [3.05, 3.63) is 35.4 Å². The lowest BCUT2D eigenvalue weighted by molar-refractivity contribution is -0.138. The molecule has 0 saturated heterocycles. The highest BCUT2D eigenvalue weighted by molar-refractivity contribution is 5.74. The van der Waals surface area contributed by atoms with E-state index in [0.29, 0.717) is 0 Å². The molecule has 0 spiro atoms. The molecule has 1 aromatic rings. The summed E-state index contributed by atoms with van der Waals surface area (Å²) >= 11 is 0. The number of hydrogen-bond donors (Lipinski definition) is 2. The summed E-state index contributed by atoms with van der Waals surface area (Å²) in [6.07, 6.45) is -3.69. The number of nitrogens with one attached hydrogen (secondary N) is 2. The maximum absolute atomic E-state index is 12.9. The van der Waals surface area contributed by atoms with Gasteiger partial charge in [0.05, 0.1) is 5.56 Å². The minimum absolute atomic E-state index is 0.0274. The fourth-order valence-corrected chi connectivity index (χ4v) is 2.85. The van der Waals surface area contributed by atoms with Gasteiger partial charge in [0.15, 0.2) is 0 Å². The Morgan fingerprint density at radius 1 is 1.04 bits per heavy atom. The number of urea groups is 1. The molecule has 0 bridgehead atoms. The number of carbonyl (C=O) groups excluding carboxylic acids is 1. The summed E-state index contributed by atoms with van der Waals surface area (Å²) < 4.78 is 38.7. The Morgan fingerprint density at radius 2 is 1.61 bits per heavy atom. The van der Waals surface area contributed by atoms with Gasteiger partial charge in [0.1, 0.15) is 0 Å².